The predicted octanol–water partition coefficient (Wildman–Crippen LogP) is 4.76. The van der Waals surface area contributed by atoms with Gasteiger partial charge in [-0.2, -0.15) is 0 Å². The maximum Gasteiger partial charge on any atom is 0.271 e. The Labute approximate surface area is 189 Å². The molecule has 3 N–H and O–H groups in total. The van der Waals surface area contributed by atoms with Crippen LogP contribution in [0.15, 0.2) is 76.3 Å². The molecule has 0 saturated heterocycles. The topological polar surface area (TPSA) is 78.4 Å². The second-order valence-electron chi connectivity index (χ2n) is 8.01. The summed E-state index contributed by atoms with van der Waals surface area (Å²) in [4.78, 5) is 23.0. The zero-order valence-electron chi connectivity index (χ0n) is 18.0. The van der Waals surface area contributed by atoms with Gasteiger partial charge in [0.1, 0.15) is 5.69 Å². The van der Waals surface area contributed by atoms with Crippen LogP contribution >= 0.6 is 0 Å². The van der Waals surface area contributed by atoms with Crippen molar-refractivity contribution in [2.75, 3.05) is 5.32 Å². The molecule has 0 saturated carbocycles. The SMILES string of the molecule is Cc1ccc(C(N[C@H](C)c2cccc(F)c2F)c2cccc(Nc3c(O)c(=O)c3=O)c2)cc1. The Hall–Kier alpha value is -3.84. The number of hydrogen-bond donors (Lipinski definition) is 3. The van der Waals surface area contributed by atoms with Gasteiger partial charge in [0.25, 0.3) is 10.9 Å². The van der Waals surface area contributed by atoms with Gasteiger partial charge in [0.2, 0.25) is 0 Å². The summed E-state index contributed by atoms with van der Waals surface area (Å²) in [6.45, 7) is 3.72. The minimum absolute atomic E-state index is 0.146. The number of aromatic hydroxyl groups is 1. The van der Waals surface area contributed by atoms with Crippen molar-refractivity contribution in [3.05, 3.63) is 121 Å². The largest absolute Gasteiger partial charge is 0.502 e. The van der Waals surface area contributed by atoms with Crippen LogP contribution in [0.5, 0.6) is 5.75 Å². The third kappa shape index (κ3) is 4.40. The molecule has 0 amide bonds. The van der Waals surface area contributed by atoms with Gasteiger partial charge in [-0.15, -0.1) is 0 Å². The molecular formula is C26H22F2N2O3. The number of hydrogen-bond acceptors (Lipinski definition) is 5. The summed E-state index contributed by atoms with van der Waals surface area (Å²) in [6, 6.07) is 18.1. The number of halogens is 2. The van der Waals surface area contributed by atoms with Crippen molar-refractivity contribution in [2.24, 2.45) is 0 Å². The van der Waals surface area contributed by atoms with Gasteiger partial charge in [0, 0.05) is 17.3 Å². The summed E-state index contributed by atoms with van der Waals surface area (Å²) in [6.07, 6.45) is 0. The first-order valence-corrected chi connectivity index (χ1v) is 10.4. The first-order chi connectivity index (χ1) is 15.8. The summed E-state index contributed by atoms with van der Waals surface area (Å²) in [7, 11) is 0. The Bertz CT molecular complexity index is 1380. The fourth-order valence-corrected chi connectivity index (χ4v) is 3.77. The average molecular weight is 448 g/mol. The quantitative estimate of drug-likeness (QED) is 0.356. The molecule has 0 heterocycles. The van der Waals surface area contributed by atoms with Gasteiger partial charge >= 0.3 is 0 Å². The molecule has 2 atom stereocenters. The van der Waals surface area contributed by atoms with Crippen LogP contribution in [0.2, 0.25) is 0 Å². The lowest BCUT2D eigenvalue weighted by Crippen LogP contribution is -2.32. The van der Waals surface area contributed by atoms with E-state index in [0.717, 1.165) is 22.8 Å². The molecule has 4 aromatic rings. The van der Waals surface area contributed by atoms with Gasteiger partial charge in [-0.05, 0) is 43.2 Å². The van der Waals surface area contributed by atoms with Crippen LogP contribution in [-0.4, -0.2) is 5.11 Å². The Morgan fingerprint density at radius 2 is 1.58 bits per heavy atom. The fraction of sp³-hybridized carbons (Fsp3) is 0.154. The molecule has 0 aliphatic carbocycles. The number of rotatable bonds is 7. The zero-order valence-corrected chi connectivity index (χ0v) is 18.0. The van der Waals surface area contributed by atoms with Crippen LogP contribution in [0.4, 0.5) is 20.2 Å². The zero-order chi connectivity index (χ0) is 23.7. The highest BCUT2D eigenvalue weighted by Gasteiger charge is 2.23. The van der Waals surface area contributed by atoms with Crippen molar-refractivity contribution >= 4 is 11.4 Å². The Kier molecular flexibility index (Phi) is 6.07. The lowest BCUT2D eigenvalue weighted by molar-refractivity contribution is 0.458. The number of benzene rings is 3. The van der Waals surface area contributed by atoms with Crippen LogP contribution in [0.25, 0.3) is 0 Å². The lowest BCUT2D eigenvalue weighted by atomic mass is 9.95. The fourth-order valence-electron chi connectivity index (χ4n) is 3.77. The molecule has 0 bridgehead atoms. The third-order valence-electron chi connectivity index (χ3n) is 5.65. The molecule has 5 nitrogen and oxygen atoms in total. The summed E-state index contributed by atoms with van der Waals surface area (Å²) in [5.41, 5.74) is 1.62. The Balaban J connectivity index is 1.69. The van der Waals surface area contributed by atoms with E-state index in [9.17, 15) is 23.5 Å². The van der Waals surface area contributed by atoms with Crippen molar-refractivity contribution in [2.45, 2.75) is 25.9 Å². The lowest BCUT2D eigenvalue weighted by Gasteiger charge is -2.26. The van der Waals surface area contributed by atoms with Crippen molar-refractivity contribution in [1.29, 1.82) is 0 Å². The van der Waals surface area contributed by atoms with Crippen molar-refractivity contribution < 1.29 is 13.9 Å². The molecule has 0 radical (unpaired) electrons. The van der Waals surface area contributed by atoms with Gasteiger partial charge < -0.3 is 10.4 Å². The molecule has 7 heteroatoms. The van der Waals surface area contributed by atoms with Crippen LogP contribution in [0, 0.1) is 18.6 Å². The van der Waals surface area contributed by atoms with E-state index in [-0.39, 0.29) is 11.3 Å². The molecule has 4 aromatic carbocycles. The maximum atomic E-state index is 14.4. The first kappa shape index (κ1) is 22.4. The van der Waals surface area contributed by atoms with Crippen molar-refractivity contribution in [3.8, 4) is 5.75 Å². The standard InChI is InChI=1S/C26H22F2N2O3/c1-14-9-11-16(12-10-14)22(29-15(2)19-7-4-8-20(27)21(19)28)17-5-3-6-18(13-17)30-23-24(31)26(33)25(23)32/h3-13,15,22,29-31H,1-2H3/t15-,22?/m1/s1. The molecule has 1 unspecified atom stereocenters. The molecule has 0 spiro atoms. The summed E-state index contributed by atoms with van der Waals surface area (Å²) < 4.78 is 28.2. The summed E-state index contributed by atoms with van der Waals surface area (Å²) >= 11 is 0. The normalized spacial score (nSPS) is 13.1. The monoisotopic (exact) mass is 448 g/mol. The molecule has 0 aliphatic heterocycles. The van der Waals surface area contributed by atoms with Gasteiger partial charge in [-0.25, -0.2) is 8.78 Å². The number of anilines is 2. The van der Waals surface area contributed by atoms with Crippen molar-refractivity contribution in [1.82, 2.24) is 5.32 Å². The molecular weight excluding hydrogens is 426 g/mol. The van der Waals surface area contributed by atoms with Crippen molar-refractivity contribution in [3.63, 3.8) is 0 Å². The minimum Gasteiger partial charge on any atom is -0.502 e. The van der Waals surface area contributed by atoms with Gasteiger partial charge in [0.05, 0.1) is 6.04 Å². The highest BCUT2D eigenvalue weighted by atomic mass is 19.2. The van der Waals surface area contributed by atoms with Crippen LogP contribution in [-0.2, 0) is 0 Å². The smallest absolute Gasteiger partial charge is 0.271 e. The van der Waals surface area contributed by atoms with Crippen LogP contribution < -0.4 is 21.5 Å². The average Bonchev–Trinajstić information content (AvgIpc) is 2.82. The predicted molar refractivity (Wildman–Crippen MR) is 124 cm³/mol. The molecule has 0 aliphatic rings. The van der Waals surface area contributed by atoms with E-state index in [0.29, 0.717) is 5.69 Å². The molecule has 0 fully saturated rings. The summed E-state index contributed by atoms with van der Waals surface area (Å²) in [5.74, 6) is -2.40. The summed E-state index contributed by atoms with van der Waals surface area (Å²) in [5, 5.41) is 15.8. The molecule has 4 rings (SSSR count). The highest BCUT2D eigenvalue weighted by Crippen LogP contribution is 2.30. The van der Waals surface area contributed by atoms with E-state index < -0.39 is 40.3 Å². The number of nitrogens with one attached hydrogen (secondary N) is 2. The molecule has 33 heavy (non-hydrogen) atoms. The second kappa shape index (κ2) is 8.96. The second-order valence-corrected chi connectivity index (χ2v) is 8.01. The van der Waals surface area contributed by atoms with E-state index in [4.69, 9.17) is 0 Å². The van der Waals surface area contributed by atoms with E-state index in [1.165, 1.54) is 12.1 Å². The van der Waals surface area contributed by atoms with E-state index in [2.05, 4.69) is 10.6 Å². The van der Waals surface area contributed by atoms with Gasteiger partial charge in [-0.3, -0.25) is 14.9 Å². The van der Waals surface area contributed by atoms with Gasteiger partial charge in [0.15, 0.2) is 17.4 Å². The minimum atomic E-state index is -0.918. The Morgan fingerprint density at radius 3 is 2.27 bits per heavy atom. The maximum absolute atomic E-state index is 14.4. The van der Waals surface area contributed by atoms with Gasteiger partial charge in [-0.1, -0.05) is 54.1 Å². The molecule has 0 aromatic heterocycles. The highest BCUT2D eigenvalue weighted by molar-refractivity contribution is 5.69. The Morgan fingerprint density at radius 1 is 0.879 bits per heavy atom. The van der Waals surface area contributed by atoms with E-state index in [1.54, 1.807) is 25.1 Å². The first-order valence-electron chi connectivity index (χ1n) is 10.4. The van der Waals surface area contributed by atoms with Crippen LogP contribution in [0.1, 0.15) is 41.3 Å². The van der Waals surface area contributed by atoms with E-state index >= 15 is 0 Å². The van der Waals surface area contributed by atoms with Crippen LogP contribution in [0.3, 0.4) is 0 Å². The van der Waals surface area contributed by atoms with E-state index in [1.807, 2.05) is 37.3 Å². The number of aryl methyl sites for hydroxylation is 1. The molecule has 168 valence electrons. The third-order valence-corrected chi connectivity index (χ3v) is 5.65.